The van der Waals surface area contributed by atoms with E-state index < -0.39 is 0 Å². The molecule has 1 atom stereocenters. The molecule has 2 aromatic carbocycles. The van der Waals surface area contributed by atoms with Gasteiger partial charge in [-0.2, -0.15) is 0 Å². The number of methoxy groups -OCH3 is 1. The van der Waals surface area contributed by atoms with Crippen molar-refractivity contribution in [2.24, 2.45) is 0 Å². The second-order valence-electron chi connectivity index (χ2n) is 5.73. The number of carbonyl (C=O) groups is 1. The molecule has 0 heterocycles. The van der Waals surface area contributed by atoms with Crippen LogP contribution < -0.4 is 15.8 Å². The molecule has 0 saturated heterocycles. The van der Waals surface area contributed by atoms with Crippen LogP contribution >= 0.6 is 0 Å². The largest absolute Gasteiger partial charge is 0.497 e. The topological polar surface area (TPSA) is 64.3 Å². The van der Waals surface area contributed by atoms with E-state index >= 15 is 0 Å². The Morgan fingerprint density at radius 1 is 1.13 bits per heavy atom. The average molecular weight is 312 g/mol. The lowest BCUT2D eigenvalue weighted by Crippen LogP contribution is -2.26. The zero-order chi connectivity index (χ0) is 16.7. The first-order valence-electron chi connectivity index (χ1n) is 7.83. The first kappa shape index (κ1) is 16.9. The maximum atomic E-state index is 11.9. The van der Waals surface area contributed by atoms with Gasteiger partial charge in [-0.05, 0) is 47.7 Å². The minimum atomic E-state index is 0.0386. The third-order valence-corrected chi connectivity index (χ3v) is 3.93. The van der Waals surface area contributed by atoms with Gasteiger partial charge in [-0.1, -0.05) is 31.2 Å². The lowest BCUT2D eigenvalue weighted by atomic mass is 9.98. The summed E-state index contributed by atoms with van der Waals surface area (Å²) in [6, 6.07) is 15.5. The monoisotopic (exact) mass is 312 g/mol. The Morgan fingerprint density at radius 2 is 1.78 bits per heavy atom. The summed E-state index contributed by atoms with van der Waals surface area (Å²) in [5.74, 6) is 1.28. The van der Waals surface area contributed by atoms with Crippen molar-refractivity contribution >= 4 is 11.6 Å². The summed E-state index contributed by atoms with van der Waals surface area (Å²) in [6.07, 6.45) is 1.29. The Balaban J connectivity index is 1.74. The van der Waals surface area contributed by atoms with Crippen LogP contribution in [-0.4, -0.2) is 19.6 Å². The number of ether oxygens (including phenoxy) is 1. The summed E-state index contributed by atoms with van der Waals surface area (Å²) in [4.78, 5) is 11.9. The number of hydrogen-bond acceptors (Lipinski definition) is 3. The molecule has 0 saturated carbocycles. The van der Waals surface area contributed by atoms with Crippen molar-refractivity contribution in [3.05, 3.63) is 59.7 Å². The van der Waals surface area contributed by atoms with Gasteiger partial charge in [0.2, 0.25) is 5.91 Å². The maximum absolute atomic E-state index is 11.9. The third-order valence-electron chi connectivity index (χ3n) is 3.93. The fourth-order valence-electron chi connectivity index (χ4n) is 2.41. The van der Waals surface area contributed by atoms with Crippen molar-refractivity contribution in [3.63, 3.8) is 0 Å². The van der Waals surface area contributed by atoms with Gasteiger partial charge in [-0.15, -0.1) is 0 Å². The Morgan fingerprint density at radius 3 is 2.39 bits per heavy atom. The Labute approximate surface area is 137 Å². The minimum Gasteiger partial charge on any atom is -0.497 e. The van der Waals surface area contributed by atoms with Crippen molar-refractivity contribution in [3.8, 4) is 5.75 Å². The van der Waals surface area contributed by atoms with Gasteiger partial charge in [0.05, 0.1) is 13.5 Å². The van der Waals surface area contributed by atoms with Gasteiger partial charge in [-0.3, -0.25) is 4.79 Å². The van der Waals surface area contributed by atoms with Gasteiger partial charge in [0.25, 0.3) is 0 Å². The number of carbonyl (C=O) groups excluding carboxylic acids is 1. The quantitative estimate of drug-likeness (QED) is 0.772. The van der Waals surface area contributed by atoms with Crippen LogP contribution in [0.2, 0.25) is 0 Å². The summed E-state index contributed by atoms with van der Waals surface area (Å²) < 4.78 is 5.16. The molecule has 3 N–H and O–H groups in total. The van der Waals surface area contributed by atoms with Crippen molar-refractivity contribution in [1.29, 1.82) is 0 Å². The van der Waals surface area contributed by atoms with Crippen molar-refractivity contribution < 1.29 is 9.53 Å². The highest BCUT2D eigenvalue weighted by atomic mass is 16.5. The molecule has 0 aliphatic rings. The first-order valence-corrected chi connectivity index (χ1v) is 7.83. The fraction of sp³-hybridized carbons (Fsp3) is 0.316. The summed E-state index contributed by atoms with van der Waals surface area (Å²) in [5, 5.41) is 2.97. The molecule has 4 heteroatoms. The van der Waals surface area contributed by atoms with E-state index in [0.29, 0.717) is 24.6 Å². The predicted octanol–water partition coefficient (Wildman–Crippen LogP) is 3.13. The molecular weight excluding hydrogens is 288 g/mol. The van der Waals surface area contributed by atoms with Crippen molar-refractivity contribution in [1.82, 2.24) is 5.32 Å². The van der Waals surface area contributed by atoms with E-state index in [1.807, 2.05) is 36.4 Å². The van der Waals surface area contributed by atoms with Crippen molar-refractivity contribution in [2.75, 3.05) is 19.4 Å². The van der Waals surface area contributed by atoms with E-state index in [9.17, 15) is 4.79 Å². The molecule has 0 aromatic heterocycles. The van der Waals surface area contributed by atoms with Crippen LogP contribution in [0.1, 0.15) is 30.4 Å². The summed E-state index contributed by atoms with van der Waals surface area (Å²) in [5.41, 5.74) is 8.57. The molecule has 0 bridgehead atoms. The van der Waals surface area contributed by atoms with Gasteiger partial charge in [-0.25, -0.2) is 0 Å². The smallest absolute Gasteiger partial charge is 0.224 e. The van der Waals surface area contributed by atoms with Crippen LogP contribution in [0.25, 0.3) is 0 Å². The second-order valence-corrected chi connectivity index (χ2v) is 5.73. The molecule has 2 aromatic rings. The first-order chi connectivity index (χ1) is 11.1. The Bertz CT molecular complexity index is 621. The predicted molar refractivity (Wildman–Crippen MR) is 93.6 cm³/mol. The molecule has 2 rings (SSSR count). The highest BCUT2D eigenvalue weighted by Gasteiger charge is 2.07. The maximum Gasteiger partial charge on any atom is 0.224 e. The molecule has 1 amide bonds. The van der Waals surface area contributed by atoms with E-state index in [1.165, 1.54) is 5.56 Å². The van der Waals surface area contributed by atoms with Crippen LogP contribution in [0.5, 0.6) is 5.75 Å². The molecule has 0 aliphatic carbocycles. The number of amides is 1. The zero-order valence-corrected chi connectivity index (χ0v) is 13.7. The molecule has 1 unspecified atom stereocenters. The summed E-state index contributed by atoms with van der Waals surface area (Å²) in [6.45, 7) is 2.83. The SMILES string of the molecule is COc1ccc(C(C)CCNC(=O)Cc2ccc(N)cc2)cc1. The summed E-state index contributed by atoms with van der Waals surface area (Å²) in [7, 11) is 1.66. The normalized spacial score (nSPS) is 11.7. The van der Waals surface area contributed by atoms with E-state index in [1.54, 1.807) is 7.11 Å². The molecular formula is C19H24N2O2. The van der Waals surface area contributed by atoms with E-state index in [0.717, 1.165) is 17.7 Å². The lowest BCUT2D eigenvalue weighted by Gasteiger charge is -2.13. The molecule has 23 heavy (non-hydrogen) atoms. The number of nitrogens with one attached hydrogen (secondary N) is 1. The Hall–Kier alpha value is -2.49. The van der Waals surface area contributed by atoms with Crippen LogP contribution in [0.3, 0.4) is 0 Å². The second kappa shape index (κ2) is 8.22. The number of hydrogen-bond donors (Lipinski definition) is 2. The lowest BCUT2D eigenvalue weighted by molar-refractivity contribution is -0.120. The molecule has 122 valence electrons. The van der Waals surface area contributed by atoms with Gasteiger partial charge in [0.15, 0.2) is 0 Å². The van der Waals surface area contributed by atoms with Gasteiger partial charge in [0.1, 0.15) is 5.75 Å². The standard InChI is InChI=1S/C19H24N2O2/c1-14(16-5-9-18(23-2)10-6-16)11-12-21-19(22)13-15-3-7-17(20)8-4-15/h3-10,14H,11-13,20H2,1-2H3,(H,21,22). The van der Waals surface area contributed by atoms with Crippen LogP contribution in [0, 0.1) is 0 Å². The number of nitrogens with two attached hydrogens (primary N) is 1. The average Bonchev–Trinajstić information content (AvgIpc) is 2.57. The van der Waals surface area contributed by atoms with E-state index in [2.05, 4.69) is 24.4 Å². The zero-order valence-electron chi connectivity index (χ0n) is 13.7. The highest BCUT2D eigenvalue weighted by Crippen LogP contribution is 2.21. The molecule has 4 nitrogen and oxygen atoms in total. The number of rotatable bonds is 7. The molecule has 0 fully saturated rings. The summed E-state index contributed by atoms with van der Waals surface area (Å²) >= 11 is 0. The van der Waals surface area contributed by atoms with Gasteiger partial charge in [0, 0.05) is 12.2 Å². The fourth-order valence-corrected chi connectivity index (χ4v) is 2.41. The van der Waals surface area contributed by atoms with Crippen LogP contribution in [0.4, 0.5) is 5.69 Å². The van der Waals surface area contributed by atoms with E-state index in [-0.39, 0.29) is 5.91 Å². The molecule has 0 spiro atoms. The van der Waals surface area contributed by atoms with Gasteiger partial charge < -0.3 is 15.8 Å². The van der Waals surface area contributed by atoms with Crippen LogP contribution in [0.15, 0.2) is 48.5 Å². The van der Waals surface area contributed by atoms with Crippen LogP contribution in [-0.2, 0) is 11.2 Å². The molecule has 0 aliphatic heterocycles. The number of anilines is 1. The Kier molecular flexibility index (Phi) is 6.03. The number of nitrogen functional groups attached to an aromatic ring is 1. The third kappa shape index (κ3) is 5.33. The van der Waals surface area contributed by atoms with Gasteiger partial charge >= 0.3 is 0 Å². The van der Waals surface area contributed by atoms with Crippen molar-refractivity contribution in [2.45, 2.75) is 25.7 Å². The molecule has 0 radical (unpaired) electrons. The van der Waals surface area contributed by atoms with E-state index in [4.69, 9.17) is 10.5 Å². The number of benzene rings is 2. The minimum absolute atomic E-state index is 0.0386. The highest BCUT2D eigenvalue weighted by molar-refractivity contribution is 5.78.